The number of hydrogen-bond acceptors (Lipinski definition) is 3. The zero-order valence-electron chi connectivity index (χ0n) is 17.0. The summed E-state index contributed by atoms with van der Waals surface area (Å²) in [5, 5.41) is 0. The number of carbonyl (C=O) groups is 1. The van der Waals surface area contributed by atoms with Crippen molar-refractivity contribution in [2.45, 2.75) is 78.1 Å². The molecule has 3 heteroatoms. The Hall–Kier alpha value is -1.79. The van der Waals surface area contributed by atoms with Crippen molar-refractivity contribution in [3.05, 3.63) is 35.9 Å². The van der Waals surface area contributed by atoms with Gasteiger partial charge in [0.05, 0.1) is 0 Å². The monoisotopic (exact) mass is 356 g/mol. The second kappa shape index (κ2) is 8.27. The molecule has 1 aromatic carbocycles. The fourth-order valence-electron chi connectivity index (χ4n) is 3.51. The quantitative estimate of drug-likeness (QED) is 0.401. The van der Waals surface area contributed by atoms with Crippen molar-refractivity contribution in [1.29, 1.82) is 0 Å². The number of rotatable bonds is 7. The number of carbonyl (C=O) groups excluding carboxylic acids is 1. The highest BCUT2D eigenvalue weighted by atomic mass is 16.6. The average Bonchev–Trinajstić information content (AvgIpc) is 3.26. The van der Waals surface area contributed by atoms with Gasteiger partial charge in [-0.05, 0) is 37.2 Å². The maximum absolute atomic E-state index is 11.6. The third-order valence-electron chi connectivity index (χ3n) is 4.70. The smallest absolute Gasteiger partial charge is 0.304 e. The van der Waals surface area contributed by atoms with Crippen LogP contribution in [0.15, 0.2) is 30.3 Å². The van der Waals surface area contributed by atoms with E-state index in [9.17, 15) is 4.79 Å². The van der Waals surface area contributed by atoms with Crippen LogP contribution in [0.25, 0.3) is 0 Å². The van der Waals surface area contributed by atoms with Gasteiger partial charge < -0.3 is 9.47 Å². The molecule has 2 rings (SSSR count). The van der Waals surface area contributed by atoms with E-state index in [4.69, 9.17) is 9.47 Å². The Balaban J connectivity index is 2.18. The van der Waals surface area contributed by atoms with Crippen LogP contribution in [-0.4, -0.2) is 23.3 Å². The molecule has 1 aliphatic rings. The van der Waals surface area contributed by atoms with E-state index in [2.05, 4.69) is 51.7 Å². The van der Waals surface area contributed by atoms with E-state index >= 15 is 0 Å². The van der Waals surface area contributed by atoms with E-state index in [1.165, 1.54) is 12.5 Å². The molecule has 1 saturated heterocycles. The van der Waals surface area contributed by atoms with Crippen LogP contribution in [-0.2, 0) is 20.7 Å². The molecule has 0 amide bonds. The predicted octanol–water partition coefficient (Wildman–Crippen LogP) is 4.78. The van der Waals surface area contributed by atoms with Crippen molar-refractivity contribution >= 4 is 5.97 Å². The normalized spacial score (nSPS) is 23.9. The molecule has 0 saturated carbocycles. The topological polar surface area (TPSA) is 38.8 Å². The number of aryl methyl sites for hydroxylation is 1. The Bertz CT molecular complexity index is 668. The van der Waals surface area contributed by atoms with E-state index < -0.39 is 11.2 Å². The van der Waals surface area contributed by atoms with E-state index in [1.54, 1.807) is 0 Å². The summed E-state index contributed by atoms with van der Waals surface area (Å²) in [6.07, 6.45) is 2.53. The fourth-order valence-corrected chi connectivity index (χ4v) is 3.51. The Morgan fingerprint density at radius 2 is 1.92 bits per heavy atom. The fraction of sp³-hybridized carbons (Fsp3) is 0.609. The lowest BCUT2D eigenvalue weighted by Gasteiger charge is -2.24. The van der Waals surface area contributed by atoms with Gasteiger partial charge in [0.1, 0.15) is 6.10 Å². The molecule has 0 aliphatic carbocycles. The summed E-state index contributed by atoms with van der Waals surface area (Å²) in [4.78, 5) is 11.6. The average molecular weight is 357 g/mol. The van der Waals surface area contributed by atoms with E-state index in [0.29, 0.717) is 18.3 Å². The molecule has 3 atom stereocenters. The number of benzene rings is 1. The van der Waals surface area contributed by atoms with Crippen molar-refractivity contribution in [2.24, 2.45) is 11.8 Å². The van der Waals surface area contributed by atoms with Gasteiger partial charge >= 0.3 is 5.97 Å². The van der Waals surface area contributed by atoms with Crippen LogP contribution in [0.5, 0.6) is 0 Å². The lowest BCUT2D eigenvalue weighted by Crippen LogP contribution is -2.31. The van der Waals surface area contributed by atoms with E-state index in [-0.39, 0.29) is 12.1 Å². The molecule has 1 aliphatic heterocycles. The number of ether oxygens (including phenoxy) is 2. The van der Waals surface area contributed by atoms with Gasteiger partial charge in [0.25, 0.3) is 0 Å². The summed E-state index contributed by atoms with van der Waals surface area (Å²) in [5.74, 6) is 7.26. The molecular weight excluding hydrogens is 324 g/mol. The van der Waals surface area contributed by atoms with E-state index in [0.717, 1.165) is 12.8 Å². The zero-order valence-corrected chi connectivity index (χ0v) is 17.0. The SMILES string of the molecule is CC(=O)OC(C)(C#CC1(CC(C)C)OC1C(C)C)CCc1ccccc1. The van der Waals surface area contributed by atoms with Gasteiger partial charge in [0.2, 0.25) is 0 Å². The van der Waals surface area contributed by atoms with Crippen molar-refractivity contribution in [2.75, 3.05) is 0 Å². The summed E-state index contributed by atoms with van der Waals surface area (Å²) in [7, 11) is 0. The van der Waals surface area contributed by atoms with Gasteiger partial charge in [-0.25, -0.2) is 0 Å². The first-order valence-corrected chi connectivity index (χ1v) is 9.61. The minimum Gasteiger partial charge on any atom is -0.446 e. The van der Waals surface area contributed by atoms with Gasteiger partial charge in [-0.2, -0.15) is 0 Å². The highest BCUT2D eigenvalue weighted by Gasteiger charge is 2.57. The highest BCUT2D eigenvalue weighted by molar-refractivity contribution is 5.67. The zero-order chi connectivity index (χ0) is 19.4. The van der Waals surface area contributed by atoms with Gasteiger partial charge in [-0.1, -0.05) is 69.9 Å². The maximum Gasteiger partial charge on any atom is 0.304 e. The highest BCUT2D eigenvalue weighted by Crippen LogP contribution is 2.45. The van der Waals surface area contributed by atoms with Crippen LogP contribution in [0.4, 0.5) is 0 Å². The van der Waals surface area contributed by atoms with E-state index in [1.807, 2.05) is 25.1 Å². The third kappa shape index (κ3) is 5.61. The first-order valence-electron chi connectivity index (χ1n) is 9.61. The van der Waals surface area contributed by atoms with Crippen molar-refractivity contribution in [3.8, 4) is 11.8 Å². The second-order valence-corrected chi connectivity index (χ2v) is 8.33. The molecule has 0 aromatic heterocycles. The van der Waals surface area contributed by atoms with Crippen LogP contribution in [0, 0.1) is 23.7 Å². The summed E-state index contributed by atoms with van der Waals surface area (Å²) >= 11 is 0. The molecule has 0 bridgehead atoms. The standard InChI is InChI=1S/C23H32O3/c1-17(2)16-23(21(26-23)18(3)4)15-14-22(6,25-19(5)24)13-12-20-10-8-7-9-11-20/h7-11,17-18,21H,12-13,16H2,1-6H3. The van der Waals surface area contributed by atoms with Crippen molar-refractivity contribution in [1.82, 2.24) is 0 Å². The summed E-state index contributed by atoms with van der Waals surface area (Å²) < 4.78 is 11.6. The van der Waals surface area contributed by atoms with Crippen LogP contribution in [0.2, 0.25) is 0 Å². The predicted molar refractivity (Wildman–Crippen MR) is 105 cm³/mol. The van der Waals surface area contributed by atoms with Gasteiger partial charge in [-0.15, -0.1) is 0 Å². The summed E-state index contributed by atoms with van der Waals surface area (Å²) in [6.45, 7) is 12.0. The molecule has 0 radical (unpaired) electrons. The molecular formula is C23H32O3. The molecule has 1 fully saturated rings. The largest absolute Gasteiger partial charge is 0.446 e. The molecule has 1 aromatic rings. The second-order valence-electron chi connectivity index (χ2n) is 8.33. The molecule has 3 unspecified atom stereocenters. The minimum absolute atomic E-state index is 0.160. The van der Waals surface area contributed by atoms with Crippen molar-refractivity contribution in [3.63, 3.8) is 0 Å². The Morgan fingerprint density at radius 3 is 2.42 bits per heavy atom. The Labute approximate surface area is 158 Å². The first-order chi connectivity index (χ1) is 12.2. The minimum atomic E-state index is -0.806. The van der Waals surface area contributed by atoms with Crippen molar-refractivity contribution < 1.29 is 14.3 Å². The molecule has 0 N–H and O–H groups in total. The number of hydrogen-bond donors (Lipinski definition) is 0. The van der Waals surface area contributed by atoms with Gasteiger partial charge in [0, 0.05) is 13.3 Å². The summed E-state index contributed by atoms with van der Waals surface area (Å²) in [6, 6.07) is 10.2. The van der Waals surface area contributed by atoms with Crippen LogP contribution < -0.4 is 0 Å². The van der Waals surface area contributed by atoms with Crippen LogP contribution >= 0.6 is 0 Å². The molecule has 0 spiro atoms. The number of esters is 1. The lowest BCUT2D eigenvalue weighted by atomic mass is 9.88. The number of epoxide rings is 1. The lowest BCUT2D eigenvalue weighted by molar-refractivity contribution is -0.150. The molecule has 1 heterocycles. The Morgan fingerprint density at radius 1 is 1.27 bits per heavy atom. The van der Waals surface area contributed by atoms with Gasteiger partial charge in [-0.3, -0.25) is 4.79 Å². The Kier molecular flexibility index (Phi) is 6.53. The van der Waals surface area contributed by atoms with Crippen LogP contribution in [0.1, 0.15) is 59.9 Å². The molecule has 3 nitrogen and oxygen atoms in total. The maximum atomic E-state index is 11.6. The molecule has 142 valence electrons. The summed E-state index contributed by atoms with van der Waals surface area (Å²) in [5.41, 5.74) is 0.0163. The van der Waals surface area contributed by atoms with Crippen LogP contribution in [0.3, 0.4) is 0 Å². The molecule has 26 heavy (non-hydrogen) atoms. The third-order valence-corrected chi connectivity index (χ3v) is 4.70. The first kappa shape index (κ1) is 20.5. The van der Waals surface area contributed by atoms with Gasteiger partial charge in [0.15, 0.2) is 11.2 Å².